The van der Waals surface area contributed by atoms with Crippen molar-refractivity contribution in [3.05, 3.63) is 51.8 Å². The lowest BCUT2D eigenvalue weighted by Crippen LogP contribution is -2.38. The van der Waals surface area contributed by atoms with Crippen molar-refractivity contribution in [2.24, 2.45) is 0 Å². The second-order valence-corrected chi connectivity index (χ2v) is 7.87. The Bertz CT molecular complexity index is 932. The van der Waals surface area contributed by atoms with E-state index in [1.165, 1.54) is 11.3 Å². The van der Waals surface area contributed by atoms with Crippen molar-refractivity contribution in [2.75, 3.05) is 13.2 Å². The SMILES string of the molecule is Cc1onc(-c2ccccn2)c1CCc1ncc(C(=O)NC2CCOCC2)s1. The maximum atomic E-state index is 12.4. The molecule has 3 aromatic rings. The lowest BCUT2D eigenvalue weighted by Gasteiger charge is -2.22. The third kappa shape index (κ3) is 4.28. The maximum Gasteiger partial charge on any atom is 0.263 e. The quantitative estimate of drug-likeness (QED) is 0.686. The van der Waals surface area contributed by atoms with Crippen LogP contribution in [0.25, 0.3) is 11.4 Å². The predicted molar refractivity (Wildman–Crippen MR) is 105 cm³/mol. The average Bonchev–Trinajstić information content (AvgIpc) is 3.34. The van der Waals surface area contributed by atoms with Crippen molar-refractivity contribution in [3.8, 4) is 11.4 Å². The summed E-state index contributed by atoms with van der Waals surface area (Å²) >= 11 is 1.44. The number of nitrogens with zero attached hydrogens (tertiary/aromatic N) is 3. The molecule has 1 N–H and O–H groups in total. The van der Waals surface area contributed by atoms with E-state index >= 15 is 0 Å². The number of amides is 1. The van der Waals surface area contributed by atoms with Gasteiger partial charge in [-0.15, -0.1) is 11.3 Å². The Morgan fingerprint density at radius 1 is 1.25 bits per heavy atom. The van der Waals surface area contributed by atoms with Gasteiger partial charge in [-0.3, -0.25) is 9.78 Å². The summed E-state index contributed by atoms with van der Waals surface area (Å²) in [4.78, 5) is 21.9. The number of rotatable bonds is 6. The molecule has 0 bridgehead atoms. The molecule has 0 spiro atoms. The third-order valence-corrected chi connectivity index (χ3v) is 5.87. The largest absolute Gasteiger partial charge is 0.381 e. The minimum atomic E-state index is -0.0500. The van der Waals surface area contributed by atoms with Crippen molar-refractivity contribution in [1.29, 1.82) is 0 Å². The average molecular weight is 398 g/mol. The first-order chi connectivity index (χ1) is 13.7. The van der Waals surface area contributed by atoms with Crippen LogP contribution in [-0.4, -0.2) is 40.3 Å². The zero-order valence-corrected chi connectivity index (χ0v) is 16.5. The summed E-state index contributed by atoms with van der Waals surface area (Å²) < 4.78 is 10.7. The van der Waals surface area contributed by atoms with Gasteiger partial charge in [0, 0.05) is 37.4 Å². The van der Waals surface area contributed by atoms with Crippen LogP contribution in [-0.2, 0) is 17.6 Å². The van der Waals surface area contributed by atoms with Crippen molar-refractivity contribution in [1.82, 2.24) is 20.4 Å². The molecule has 0 saturated carbocycles. The first-order valence-electron chi connectivity index (χ1n) is 9.40. The maximum absolute atomic E-state index is 12.4. The van der Waals surface area contributed by atoms with Crippen LogP contribution in [0.15, 0.2) is 35.1 Å². The van der Waals surface area contributed by atoms with Crippen molar-refractivity contribution < 1.29 is 14.1 Å². The molecule has 7 nitrogen and oxygen atoms in total. The summed E-state index contributed by atoms with van der Waals surface area (Å²) in [5, 5.41) is 8.16. The zero-order valence-electron chi connectivity index (χ0n) is 15.7. The Balaban J connectivity index is 1.40. The number of carbonyl (C=O) groups is 1. The molecule has 3 aromatic heterocycles. The molecule has 8 heteroatoms. The van der Waals surface area contributed by atoms with Gasteiger partial charge in [0.2, 0.25) is 0 Å². The van der Waals surface area contributed by atoms with Gasteiger partial charge in [-0.2, -0.15) is 0 Å². The van der Waals surface area contributed by atoms with Gasteiger partial charge in [0.05, 0.1) is 16.9 Å². The molecule has 0 atom stereocenters. The molecule has 1 saturated heterocycles. The molecule has 0 aromatic carbocycles. The monoisotopic (exact) mass is 398 g/mol. The van der Waals surface area contributed by atoms with E-state index in [1.54, 1.807) is 12.4 Å². The highest BCUT2D eigenvalue weighted by Crippen LogP contribution is 2.25. The zero-order chi connectivity index (χ0) is 19.3. The molecule has 1 aliphatic heterocycles. The van der Waals surface area contributed by atoms with E-state index < -0.39 is 0 Å². The number of pyridine rings is 1. The van der Waals surface area contributed by atoms with E-state index in [2.05, 4.69) is 20.4 Å². The smallest absolute Gasteiger partial charge is 0.263 e. The molecule has 146 valence electrons. The van der Waals surface area contributed by atoms with Gasteiger partial charge in [-0.05, 0) is 38.3 Å². The van der Waals surface area contributed by atoms with Crippen LogP contribution < -0.4 is 5.32 Å². The van der Waals surface area contributed by atoms with Crippen LogP contribution in [0.3, 0.4) is 0 Å². The van der Waals surface area contributed by atoms with Crippen LogP contribution >= 0.6 is 11.3 Å². The Kier molecular flexibility index (Phi) is 5.78. The number of nitrogens with one attached hydrogen (secondary N) is 1. The number of ether oxygens (including phenoxy) is 1. The third-order valence-electron chi connectivity index (χ3n) is 4.81. The highest BCUT2D eigenvalue weighted by molar-refractivity contribution is 7.13. The van der Waals surface area contributed by atoms with Gasteiger partial charge >= 0.3 is 0 Å². The van der Waals surface area contributed by atoms with E-state index in [0.717, 1.165) is 53.4 Å². The first-order valence-corrected chi connectivity index (χ1v) is 10.2. The van der Waals surface area contributed by atoms with Crippen LogP contribution in [0.4, 0.5) is 0 Å². The van der Waals surface area contributed by atoms with E-state index in [9.17, 15) is 4.79 Å². The molecular weight excluding hydrogens is 376 g/mol. The van der Waals surface area contributed by atoms with Gasteiger partial charge in [0.25, 0.3) is 5.91 Å². The predicted octanol–water partition coefficient (Wildman–Crippen LogP) is 3.20. The molecule has 0 unspecified atom stereocenters. The molecule has 28 heavy (non-hydrogen) atoms. The molecule has 1 amide bonds. The summed E-state index contributed by atoms with van der Waals surface area (Å²) in [6.45, 7) is 3.31. The Hall–Kier alpha value is -2.58. The van der Waals surface area contributed by atoms with Crippen LogP contribution in [0.5, 0.6) is 0 Å². The summed E-state index contributed by atoms with van der Waals surface area (Å²) in [6, 6.07) is 5.91. The highest BCUT2D eigenvalue weighted by Gasteiger charge is 2.20. The van der Waals surface area contributed by atoms with Gasteiger partial charge in [-0.25, -0.2) is 4.98 Å². The number of hydrogen-bond acceptors (Lipinski definition) is 7. The summed E-state index contributed by atoms with van der Waals surface area (Å²) in [6.07, 6.45) is 6.58. The topological polar surface area (TPSA) is 90.1 Å². The Morgan fingerprint density at radius 2 is 2.11 bits per heavy atom. The minimum absolute atomic E-state index is 0.0500. The summed E-state index contributed by atoms with van der Waals surface area (Å²) in [5.74, 6) is 0.737. The van der Waals surface area contributed by atoms with E-state index in [4.69, 9.17) is 9.26 Å². The summed E-state index contributed by atoms with van der Waals surface area (Å²) in [5.41, 5.74) is 2.60. The lowest BCUT2D eigenvalue weighted by molar-refractivity contribution is 0.0698. The van der Waals surface area contributed by atoms with Gasteiger partial charge in [0.15, 0.2) is 0 Å². The second kappa shape index (κ2) is 8.62. The lowest BCUT2D eigenvalue weighted by atomic mass is 10.1. The second-order valence-electron chi connectivity index (χ2n) is 6.76. The van der Waals surface area contributed by atoms with Crippen molar-refractivity contribution in [3.63, 3.8) is 0 Å². The van der Waals surface area contributed by atoms with Gasteiger partial charge in [0.1, 0.15) is 16.3 Å². The van der Waals surface area contributed by atoms with Crippen LogP contribution in [0, 0.1) is 6.92 Å². The Morgan fingerprint density at radius 3 is 2.89 bits per heavy atom. The minimum Gasteiger partial charge on any atom is -0.381 e. The Labute approximate surface area is 167 Å². The fourth-order valence-electron chi connectivity index (χ4n) is 3.25. The molecule has 4 rings (SSSR count). The molecule has 1 fully saturated rings. The summed E-state index contributed by atoms with van der Waals surface area (Å²) in [7, 11) is 0. The number of aryl methyl sites for hydroxylation is 2. The molecule has 0 radical (unpaired) electrons. The molecule has 1 aliphatic rings. The standard InChI is InChI=1S/C20H22N4O3S/c1-13-15(19(24-27-13)16-4-2-3-9-21-16)5-6-18-22-12-17(28-18)20(25)23-14-7-10-26-11-8-14/h2-4,9,12,14H,5-8,10-11H2,1H3,(H,23,25). The number of hydrogen-bond donors (Lipinski definition) is 1. The van der Waals surface area contributed by atoms with Crippen LogP contribution in [0.1, 0.15) is 38.8 Å². The molecule has 0 aliphatic carbocycles. The number of carbonyl (C=O) groups excluding carboxylic acids is 1. The fourth-order valence-corrected chi connectivity index (χ4v) is 4.07. The highest BCUT2D eigenvalue weighted by atomic mass is 32.1. The van der Waals surface area contributed by atoms with E-state index in [1.807, 2.05) is 25.1 Å². The number of aromatic nitrogens is 3. The van der Waals surface area contributed by atoms with Gasteiger partial charge in [-0.1, -0.05) is 11.2 Å². The number of thiazole rings is 1. The molecular formula is C20H22N4O3S. The molecule has 4 heterocycles. The van der Waals surface area contributed by atoms with Crippen molar-refractivity contribution >= 4 is 17.2 Å². The first kappa shape index (κ1) is 18.8. The fraction of sp³-hybridized carbons (Fsp3) is 0.400. The van der Waals surface area contributed by atoms with E-state index in [-0.39, 0.29) is 11.9 Å². The van der Waals surface area contributed by atoms with Gasteiger partial charge < -0.3 is 14.6 Å². The van der Waals surface area contributed by atoms with Crippen LogP contribution in [0.2, 0.25) is 0 Å². The van der Waals surface area contributed by atoms with Crippen molar-refractivity contribution in [2.45, 2.75) is 38.6 Å². The van der Waals surface area contributed by atoms with E-state index in [0.29, 0.717) is 18.1 Å². The normalized spacial score (nSPS) is 14.9.